The van der Waals surface area contributed by atoms with E-state index in [1.807, 2.05) is 44.2 Å². The Balaban J connectivity index is 2.39. The minimum atomic E-state index is -3.78. The van der Waals surface area contributed by atoms with E-state index < -0.39 is 28.5 Å². The Morgan fingerprint density at radius 3 is 2.31 bits per heavy atom. The number of hydrogen-bond donors (Lipinski definition) is 1. The molecule has 7 nitrogen and oxygen atoms in total. The number of nitrogens with zero attached hydrogens (tertiary/aromatic N) is 2. The van der Waals surface area contributed by atoms with E-state index in [4.69, 9.17) is 11.6 Å². The molecule has 0 radical (unpaired) electrons. The van der Waals surface area contributed by atoms with Gasteiger partial charge in [-0.25, -0.2) is 8.42 Å². The van der Waals surface area contributed by atoms with Gasteiger partial charge in [0, 0.05) is 18.1 Å². The Labute approximate surface area is 195 Å². The number of benzene rings is 2. The van der Waals surface area contributed by atoms with E-state index in [2.05, 4.69) is 5.32 Å². The first-order valence-corrected chi connectivity index (χ1v) is 12.7. The lowest BCUT2D eigenvalue weighted by Crippen LogP contribution is -2.52. The van der Waals surface area contributed by atoms with Crippen molar-refractivity contribution in [1.82, 2.24) is 10.2 Å². The third-order valence-electron chi connectivity index (χ3n) is 4.91. The molecule has 2 aromatic rings. The van der Waals surface area contributed by atoms with Crippen LogP contribution in [0.3, 0.4) is 0 Å². The highest BCUT2D eigenvalue weighted by Crippen LogP contribution is 2.23. The third-order valence-corrected chi connectivity index (χ3v) is 6.28. The molecule has 0 aliphatic heterocycles. The maximum Gasteiger partial charge on any atom is 0.244 e. The number of anilines is 1. The average Bonchev–Trinajstić information content (AvgIpc) is 2.75. The molecule has 0 spiro atoms. The Morgan fingerprint density at radius 2 is 1.75 bits per heavy atom. The summed E-state index contributed by atoms with van der Waals surface area (Å²) >= 11 is 6.04. The Hall–Kier alpha value is -2.58. The van der Waals surface area contributed by atoms with Gasteiger partial charge < -0.3 is 10.2 Å². The number of halogens is 1. The van der Waals surface area contributed by atoms with Gasteiger partial charge in [-0.05, 0) is 36.6 Å². The van der Waals surface area contributed by atoms with Crippen LogP contribution in [0.4, 0.5) is 5.69 Å². The number of hydrogen-bond acceptors (Lipinski definition) is 4. The highest BCUT2D eigenvalue weighted by atomic mass is 35.5. The van der Waals surface area contributed by atoms with Crippen LogP contribution in [0.15, 0.2) is 54.6 Å². The van der Waals surface area contributed by atoms with Crippen LogP contribution < -0.4 is 9.62 Å². The van der Waals surface area contributed by atoms with Crippen molar-refractivity contribution in [2.45, 2.75) is 39.3 Å². The molecular weight excluding hydrogens is 450 g/mol. The molecule has 0 saturated heterocycles. The quantitative estimate of drug-likeness (QED) is 0.534. The third kappa shape index (κ3) is 7.24. The lowest BCUT2D eigenvalue weighted by Gasteiger charge is -2.32. The Morgan fingerprint density at radius 1 is 1.06 bits per heavy atom. The van der Waals surface area contributed by atoms with Crippen molar-refractivity contribution in [1.29, 1.82) is 0 Å². The fourth-order valence-electron chi connectivity index (χ4n) is 3.31. The molecule has 2 rings (SSSR count). The highest BCUT2D eigenvalue weighted by molar-refractivity contribution is 7.92. The summed E-state index contributed by atoms with van der Waals surface area (Å²) in [5, 5.41) is 3.20. The van der Waals surface area contributed by atoms with Gasteiger partial charge in [-0.3, -0.25) is 13.9 Å². The second kappa shape index (κ2) is 11.9. The van der Waals surface area contributed by atoms with Gasteiger partial charge in [0.2, 0.25) is 21.8 Å². The van der Waals surface area contributed by atoms with E-state index in [1.165, 1.54) is 11.0 Å². The van der Waals surface area contributed by atoms with Crippen LogP contribution in [0.5, 0.6) is 0 Å². The van der Waals surface area contributed by atoms with E-state index in [0.717, 1.165) is 22.5 Å². The number of carbonyl (C=O) groups is 2. The molecule has 2 aromatic carbocycles. The van der Waals surface area contributed by atoms with Gasteiger partial charge >= 0.3 is 0 Å². The summed E-state index contributed by atoms with van der Waals surface area (Å²) in [5.41, 5.74) is 1.13. The van der Waals surface area contributed by atoms with Crippen LogP contribution in [0.1, 0.15) is 32.3 Å². The summed E-state index contributed by atoms with van der Waals surface area (Å²) in [4.78, 5) is 27.7. The zero-order valence-corrected chi connectivity index (χ0v) is 20.2. The molecule has 0 bridgehead atoms. The predicted molar refractivity (Wildman–Crippen MR) is 128 cm³/mol. The average molecular weight is 480 g/mol. The first kappa shape index (κ1) is 25.7. The van der Waals surface area contributed by atoms with Gasteiger partial charge in [-0.2, -0.15) is 0 Å². The zero-order chi connectivity index (χ0) is 23.7. The molecule has 0 unspecified atom stereocenters. The van der Waals surface area contributed by atoms with Crippen LogP contribution in [0.25, 0.3) is 0 Å². The summed E-state index contributed by atoms with van der Waals surface area (Å²) < 4.78 is 26.0. The molecule has 32 heavy (non-hydrogen) atoms. The molecule has 1 atom stereocenters. The molecular formula is C23H30ClN3O4S. The van der Waals surface area contributed by atoms with Crippen molar-refractivity contribution in [3.05, 3.63) is 65.2 Å². The van der Waals surface area contributed by atoms with E-state index in [1.54, 1.807) is 18.2 Å². The molecule has 2 amide bonds. The minimum absolute atomic E-state index is 0.185. The lowest BCUT2D eigenvalue weighted by molar-refractivity contribution is -0.140. The van der Waals surface area contributed by atoms with Gasteiger partial charge in [0.15, 0.2) is 0 Å². The normalized spacial score (nSPS) is 12.1. The Kier molecular flexibility index (Phi) is 9.53. The summed E-state index contributed by atoms with van der Waals surface area (Å²) in [6.45, 7) is 4.02. The number of rotatable bonds is 11. The molecule has 0 saturated carbocycles. The minimum Gasteiger partial charge on any atom is -0.354 e. The van der Waals surface area contributed by atoms with E-state index >= 15 is 0 Å². The van der Waals surface area contributed by atoms with Crippen LogP contribution in [0.2, 0.25) is 5.02 Å². The lowest BCUT2D eigenvalue weighted by atomic mass is 10.1. The second-order valence-electron chi connectivity index (χ2n) is 7.47. The maximum absolute atomic E-state index is 13.4. The molecule has 9 heteroatoms. The van der Waals surface area contributed by atoms with Crippen LogP contribution in [-0.4, -0.2) is 50.5 Å². The molecule has 174 valence electrons. The standard InChI is InChI=1S/C23H30ClN3O4S/c1-4-14-25-23(29)21(5-2)26(16-18-10-7-6-8-11-18)22(28)17-27(32(3,30)31)20-13-9-12-19(24)15-20/h6-13,15,21H,4-5,14,16-17H2,1-3H3,(H,25,29)/t21-/m1/s1. The molecule has 0 fully saturated rings. The largest absolute Gasteiger partial charge is 0.354 e. The van der Waals surface area contributed by atoms with E-state index in [0.29, 0.717) is 18.0 Å². The summed E-state index contributed by atoms with van der Waals surface area (Å²) in [5.74, 6) is -0.731. The zero-order valence-electron chi connectivity index (χ0n) is 18.6. The number of carbonyl (C=O) groups excluding carboxylic acids is 2. The number of sulfonamides is 1. The fraction of sp³-hybridized carbons (Fsp3) is 0.391. The van der Waals surface area contributed by atoms with Crippen LogP contribution in [0, 0.1) is 0 Å². The smallest absolute Gasteiger partial charge is 0.244 e. The van der Waals surface area contributed by atoms with Crippen molar-refractivity contribution in [2.24, 2.45) is 0 Å². The fourth-order valence-corrected chi connectivity index (χ4v) is 4.34. The summed E-state index contributed by atoms with van der Waals surface area (Å²) in [7, 11) is -3.78. The summed E-state index contributed by atoms with van der Waals surface area (Å²) in [6.07, 6.45) is 2.20. The monoisotopic (exact) mass is 479 g/mol. The number of nitrogens with one attached hydrogen (secondary N) is 1. The van der Waals surface area contributed by atoms with Crippen molar-refractivity contribution in [2.75, 3.05) is 23.7 Å². The summed E-state index contributed by atoms with van der Waals surface area (Å²) in [6, 6.07) is 14.9. The van der Waals surface area contributed by atoms with E-state index in [-0.39, 0.29) is 18.1 Å². The van der Waals surface area contributed by atoms with Crippen molar-refractivity contribution in [3.8, 4) is 0 Å². The van der Waals surface area contributed by atoms with E-state index in [9.17, 15) is 18.0 Å². The topological polar surface area (TPSA) is 86.8 Å². The van der Waals surface area contributed by atoms with Gasteiger partial charge in [0.25, 0.3) is 0 Å². The SMILES string of the molecule is CCCNC(=O)[C@@H](CC)N(Cc1ccccc1)C(=O)CN(c1cccc(Cl)c1)S(C)(=O)=O. The highest BCUT2D eigenvalue weighted by Gasteiger charge is 2.31. The van der Waals surface area contributed by atoms with Gasteiger partial charge in [0.05, 0.1) is 11.9 Å². The molecule has 0 aliphatic carbocycles. The second-order valence-corrected chi connectivity index (χ2v) is 9.82. The maximum atomic E-state index is 13.4. The van der Waals surface area contributed by atoms with Gasteiger partial charge in [-0.15, -0.1) is 0 Å². The first-order valence-electron chi connectivity index (χ1n) is 10.5. The number of amides is 2. The van der Waals surface area contributed by atoms with Crippen LogP contribution >= 0.6 is 11.6 Å². The predicted octanol–water partition coefficient (Wildman–Crippen LogP) is 3.44. The molecule has 0 aliphatic rings. The van der Waals surface area contributed by atoms with Crippen molar-refractivity contribution >= 4 is 39.1 Å². The molecule has 0 aromatic heterocycles. The van der Waals surface area contributed by atoms with Gasteiger partial charge in [0.1, 0.15) is 12.6 Å². The first-order chi connectivity index (χ1) is 15.2. The molecule has 0 heterocycles. The van der Waals surface area contributed by atoms with Crippen LogP contribution in [-0.2, 0) is 26.2 Å². The van der Waals surface area contributed by atoms with Crippen molar-refractivity contribution < 1.29 is 18.0 Å². The van der Waals surface area contributed by atoms with Gasteiger partial charge in [-0.1, -0.05) is 61.8 Å². The molecule has 1 N–H and O–H groups in total. The van der Waals surface area contributed by atoms with Crippen molar-refractivity contribution in [3.63, 3.8) is 0 Å². The Bertz CT molecular complexity index is 1010.